The molecule has 4 rings (SSSR count). The second kappa shape index (κ2) is 18.1. The first-order valence-electron chi connectivity index (χ1n) is 16.4. The van der Waals surface area contributed by atoms with Crippen LogP contribution in [0, 0.1) is 12.3 Å². The maximum Gasteiger partial charge on any atom is 0.246 e. The Bertz CT molecular complexity index is 1260. The van der Waals surface area contributed by atoms with Crippen molar-refractivity contribution in [2.75, 3.05) is 26.2 Å². The van der Waals surface area contributed by atoms with Crippen molar-refractivity contribution in [1.29, 1.82) is 0 Å². The number of carbonyl (C=O) groups excluding carboxylic acids is 3. The van der Waals surface area contributed by atoms with Crippen molar-refractivity contribution < 1.29 is 24.2 Å². The number of β-amino-alcohol motifs (C(OH)–C–C–N with tert-alkyl or cyclic N) is 1. The van der Waals surface area contributed by atoms with E-state index in [2.05, 4.69) is 20.9 Å². The first kappa shape index (κ1) is 37.9. The van der Waals surface area contributed by atoms with Crippen molar-refractivity contribution in [3.8, 4) is 10.4 Å². The smallest absolute Gasteiger partial charge is 0.246 e. The van der Waals surface area contributed by atoms with Crippen molar-refractivity contribution in [2.24, 2.45) is 5.41 Å². The maximum absolute atomic E-state index is 13.8. The molecule has 2 fully saturated rings. The molecule has 2 aliphatic rings. The Hall–Kier alpha value is -2.57. The summed E-state index contributed by atoms with van der Waals surface area (Å²) >= 11 is 1.59. The molecule has 0 aliphatic carbocycles. The molecule has 0 unspecified atom stereocenters. The molecule has 10 nitrogen and oxygen atoms in total. The number of aromatic nitrogens is 1. The van der Waals surface area contributed by atoms with Crippen LogP contribution in [0.15, 0.2) is 29.8 Å². The summed E-state index contributed by atoms with van der Waals surface area (Å²) in [6.45, 7) is 10.8. The molecule has 0 bridgehead atoms. The van der Waals surface area contributed by atoms with E-state index < -0.39 is 23.6 Å². The summed E-state index contributed by atoms with van der Waals surface area (Å²) in [6, 6.07) is 6.34. The molecule has 0 spiro atoms. The van der Waals surface area contributed by atoms with Crippen LogP contribution in [0.5, 0.6) is 0 Å². The van der Waals surface area contributed by atoms with E-state index in [-0.39, 0.29) is 43.1 Å². The Morgan fingerprint density at radius 3 is 2.46 bits per heavy atom. The fourth-order valence-electron chi connectivity index (χ4n) is 5.97. The monoisotopic (exact) mass is 677 g/mol. The summed E-state index contributed by atoms with van der Waals surface area (Å²) in [5, 5.41) is 19.7. The molecule has 2 aliphatic heterocycles. The van der Waals surface area contributed by atoms with Gasteiger partial charge in [-0.15, -0.1) is 23.7 Å². The van der Waals surface area contributed by atoms with Crippen LogP contribution < -0.4 is 16.0 Å². The average molecular weight is 678 g/mol. The van der Waals surface area contributed by atoms with Gasteiger partial charge in [-0.2, -0.15) is 0 Å². The fourth-order valence-corrected chi connectivity index (χ4v) is 6.78. The Balaban J connectivity index is 0.00000576. The molecule has 3 amide bonds. The molecular formula is C34H52ClN5O5S. The first-order chi connectivity index (χ1) is 21.5. The van der Waals surface area contributed by atoms with Crippen molar-refractivity contribution in [1.82, 2.24) is 25.8 Å². The van der Waals surface area contributed by atoms with E-state index in [1.807, 2.05) is 57.5 Å². The minimum atomic E-state index is -0.813. The fraction of sp³-hybridized carbons (Fsp3) is 0.647. The first-order valence-corrected chi connectivity index (χ1v) is 17.3. The van der Waals surface area contributed by atoms with E-state index in [1.54, 1.807) is 11.3 Å². The molecule has 256 valence electrons. The zero-order chi connectivity index (χ0) is 32.4. The van der Waals surface area contributed by atoms with Crippen LogP contribution in [-0.2, 0) is 25.7 Å². The number of hydrogen-bond acceptors (Lipinski definition) is 8. The highest BCUT2D eigenvalue weighted by Gasteiger charge is 2.44. The van der Waals surface area contributed by atoms with Crippen LogP contribution >= 0.6 is 23.7 Å². The number of aliphatic hydroxyl groups is 1. The summed E-state index contributed by atoms with van der Waals surface area (Å²) in [6.07, 6.45) is 5.83. The van der Waals surface area contributed by atoms with Gasteiger partial charge in [0.25, 0.3) is 0 Å². The van der Waals surface area contributed by atoms with Gasteiger partial charge in [-0.25, -0.2) is 4.98 Å². The molecule has 2 aromatic rings. The molecule has 2 saturated heterocycles. The van der Waals surface area contributed by atoms with Crippen LogP contribution in [-0.4, -0.2) is 83.2 Å². The zero-order valence-corrected chi connectivity index (χ0v) is 29.3. The second-order valence-electron chi connectivity index (χ2n) is 13.4. The van der Waals surface area contributed by atoms with Crippen molar-refractivity contribution in [2.45, 2.75) is 110 Å². The standard InChI is InChI=1S/C34H51N5O5S.ClH/c1-23-30(45-22-37-23)25-12-10-24(11-13-25)20-36-32(42)28-19-26(40)21-39(28)33(43)31(34(2,3)4)38-29(41)9-7-5-6-8-18-44-27-14-16-35-17-15-27;/h10-13,22,26-28,31,35,40H,5-9,14-21H2,1-4H3,(H,36,42)(H,38,41);1H/t26-,28+,31-;/m1./s1. The zero-order valence-electron chi connectivity index (χ0n) is 27.7. The molecule has 3 heterocycles. The lowest BCUT2D eigenvalue weighted by molar-refractivity contribution is -0.144. The number of rotatable bonds is 14. The largest absolute Gasteiger partial charge is 0.391 e. The summed E-state index contributed by atoms with van der Waals surface area (Å²) in [5.41, 5.74) is 4.24. The molecule has 12 heteroatoms. The number of hydrogen-bond donors (Lipinski definition) is 4. The number of likely N-dealkylation sites (tertiary alicyclic amines) is 1. The van der Waals surface area contributed by atoms with Crippen LogP contribution in [0.3, 0.4) is 0 Å². The molecule has 0 saturated carbocycles. The van der Waals surface area contributed by atoms with E-state index in [4.69, 9.17) is 4.74 Å². The van der Waals surface area contributed by atoms with E-state index in [1.165, 1.54) is 4.90 Å². The van der Waals surface area contributed by atoms with Crippen LogP contribution in [0.2, 0.25) is 0 Å². The lowest BCUT2D eigenvalue weighted by Crippen LogP contribution is -2.57. The van der Waals surface area contributed by atoms with E-state index in [0.717, 1.165) is 79.9 Å². The lowest BCUT2D eigenvalue weighted by Gasteiger charge is -2.35. The number of aryl methyl sites for hydroxylation is 1. The Morgan fingerprint density at radius 1 is 1.11 bits per heavy atom. The topological polar surface area (TPSA) is 133 Å². The minimum absolute atomic E-state index is 0. The highest BCUT2D eigenvalue weighted by atomic mass is 35.5. The SMILES string of the molecule is Cc1ncsc1-c1ccc(CNC(=O)[C@@H]2C[C@@H](O)CN2C(=O)[C@@H](NC(=O)CCCCCCOC2CCNCC2)C(C)(C)C)cc1.Cl. The van der Waals surface area contributed by atoms with Gasteiger partial charge < -0.3 is 30.7 Å². The van der Waals surface area contributed by atoms with Gasteiger partial charge in [0, 0.05) is 32.5 Å². The number of unbranched alkanes of at least 4 members (excludes halogenated alkanes) is 3. The number of piperidine rings is 1. The number of benzene rings is 1. The molecule has 0 radical (unpaired) electrons. The van der Waals surface area contributed by atoms with Crippen LogP contribution in [0.1, 0.15) is 83.4 Å². The van der Waals surface area contributed by atoms with Gasteiger partial charge >= 0.3 is 0 Å². The molecule has 1 aromatic heterocycles. The van der Waals surface area contributed by atoms with Crippen molar-refractivity contribution in [3.63, 3.8) is 0 Å². The highest BCUT2D eigenvalue weighted by molar-refractivity contribution is 7.13. The van der Waals surface area contributed by atoms with Gasteiger partial charge in [0.2, 0.25) is 17.7 Å². The van der Waals surface area contributed by atoms with Gasteiger partial charge in [-0.1, -0.05) is 57.9 Å². The number of carbonyl (C=O) groups is 3. The Morgan fingerprint density at radius 2 is 1.80 bits per heavy atom. The average Bonchev–Trinajstić information content (AvgIpc) is 3.63. The number of aliphatic hydroxyl groups excluding tert-OH is 1. The Kier molecular flexibility index (Phi) is 14.9. The minimum Gasteiger partial charge on any atom is -0.391 e. The van der Waals surface area contributed by atoms with E-state index in [9.17, 15) is 19.5 Å². The number of nitrogens with one attached hydrogen (secondary N) is 3. The van der Waals surface area contributed by atoms with Gasteiger partial charge in [-0.05, 0) is 62.2 Å². The molecule has 4 N–H and O–H groups in total. The predicted molar refractivity (Wildman–Crippen MR) is 184 cm³/mol. The number of thiazole rings is 1. The lowest BCUT2D eigenvalue weighted by atomic mass is 9.85. The number of amides is 3. The summed E-state index contributed by atoms with van der Waals surface area (Å²) in [7, 11) is 0. The number of halogens is 1. The third kappa shape index (κ3) is 11.0. The number of ether oxygens (including phenoxy) is 1. The van der Waals surface area contributed by atoms with Gasteiger partial charge in [0.05, 0.1) is 28.3 Å². The normalized spacial score (nSPS) is 19.4. The van der Waals surface area contributed by atoms with Crippen LogP contribution in [0.25, 0.3) is 10.4 Å². The second-order valence-corrected chi connectivity index (χ2v) is 14.3. The van der Waals surface area contributed by atoms with Crippen molar-refractivity contribution in [3.05, 3.63) is 41.0 Å². The molecular weight excluding hydrogens is 626 g/mol. The van der Waals surface area contributed by atoms with E-state index in [0.29, 0.717) is 19.1 Å². The van der Waals surface area contributed by atoms with E-state index >= 15 is 0 Å². The quantitative estimate of drug-likeness (QED) is 0.218. The third-order valence-corrected chi connectivity index (χ3v) is 9.63. The molecule has 1 aromatic carbocycles. The number of nitrogens with zero attached hydrogens (tertiary/aromatic N) is 2. The third-order valence-electron chi connectivity index (χ3n) is 8.65. The van der Waals surface area contributed by atoms with Crippen LogP contribution in [0.4, 0.5) is 0 Å². The Labute approximate surface area is 283 Å². The predicted octanol–water partition coefficient (Wildman–Crippen LogP) is 4.37. The molecule has 46 heavy (non-hydrogen) atoms. The van der Waals surface area contributed by atoms with Crippen molar-refractivity contribution >= 4 is 41.5 Å². The summed E-state index contributed by atoms with van der Waals surface area (Å²) in [5.74, 6) is -0.829. The highest BCUT2D eigenvalue weighted by Crippen LogP contribution is 2.28. The van der Waals surface area contributed by atoms with Gasteiger partial charge in [-0.3, -0.25) is 14.4 Å². The molecule has 3 atom stereocenters. The van der Waals surface area contributed by atoms with Gasteiger partial charge in [0.15, 0.2) is 0 Å². The maximum atomic E-state index is 13.8. The summed E-state index contributed by atoms with van der Waals surface area (Å²) in [4.78, 5) is 46.9. The summed E-state index contributed by atoms with van der Waals surface area (Å²) < 4.78 is 5.96. The van der Waals surface area contributed by atoms with Gasteiger partial charge in [0.1, 0.15) is 12.1 Å².